The lowest BCUT2D eigenvalue weighted by atomic mass is 9.46. The van der Waals surface area contributed by atoms with Gasteiger partial charge >= 0.3 is 0 Å². The Morgan fingerprint density at radius 1 is 1.19 bits per heavy atom. The first-order valence-electron chi connectivity index (χ1n) is 8.39. The van der Waals surface area contributed by atoms with Crippen molar-refractivity contribution in [1.29, 1.82) is 0 Å². The standard InChI is InChI=1S/C20H25N/c1-4-20(14-8-6-5-7-9-14)12-16-17-10-15(19(17,2)3)11-18(16)21-13-20/h5-9,12,15,17H,4,10-11,13H2,1-3H3. The molecule has 2 bridgehead atoms. The molecular weight excluding hydrogens is 254 g/mol. The Morgan fingerprint density at radius 3 is 2.62 bits per heavy atom. The fourth-order valence-corrected chi connectivity index (χ4v) is 4.72. The summed E-state index contributed by atoms with van der Waals surface area (Å²) in [5, 5.41) is 0. The predicted octanol–water partition coefficient (Wildman–Crippen LogP) is 4.78. The highest BCUT2D eigenvalue weighted by molar-refractivity contribution is 6.03. The Balaban J connectivity index is 1.78. The van der Waals surface area contributed by atoms with Crippen LogP contribution in [0.5, 0.6) is 0 Å². The van der Waals surface area contributed by atoms with Crippen molar-refractivity contribution in [2.45, 2.75) is 45.4 Å². The van der Waals surface area contributed by atoms with E-state index in [0.29, 0.717) is 5.41 Å². The molecule has 4 aliphatic rings. The van der Waals surface area contributed by atoms with E-state index in [4.69, 9.17) is 4.99 Å². The maximum absolute atomic E-state index is 5.05. The molecule has 1 heterocycles. The van der Waals surface area contributed by atoms with E-state index < -0.39 is 0 Å². The molecule has 1 heteroatoms. The zero-order valence-corrected chi connectivity index (χ0v) is 13.4. The predicted molar refractivity (Wildman–Crippen MR) is 88.8 cm³/mol. The number of nitrogens with zero attached hydrogens (tertiary/aromatic N) is 1. The van der Waals surface area contributed by atoms with Gasteiger partial charge in [-0.3, -0.25) is 4.99 Å². The maximum atomic E-state index is 5.05. The highest BCUT2D eigenvalue weighted by Crippen LogP contribution is 2.61. The highest BCUT2D eigenvalue weighted by Gasteiger charge is 2.55. The van der Waals surface area contributed by atoms with E-state index in [9.17, 15) is 0 Å². The van der Waals surface area contributed by atoms with Crippen LogP contribution < -0.4 is 0 Å². The Kier molecular flexibility index (Phi) is 2.73. The zero-order valence-electron chi connectivity index (χ0n) is 13.4. The molecule has 1 aromatic rings. The van der Waals surface area contributed by atoms with E-state index >= 15 is 0 Å². The average Bonchev–Trinajstić information content (AvgIpc) is 2.54. The van der Waals surface area contributed by atoms with Gasteiger partial charge in [0.25, 0.3) is 0 Å². The summed E-state index contributed by atoms with van der Waals surface area (Å²) in [5.41, 5.74) is 5.05. The summed E-state index contributed by atoms with van der Waals surface area (Å²) in [5.74, 6) is 1.61. The van der Waals surface area contributed by atoms with Crippen LogP contribution in [0.15, 0.2) is 47.0 Å². The lowest BCUT2D eigenvalue weighted by Gasteiger charge is -2.59. The van der Waals surface area contributed by atoms with E-state index in [1.165, 1.54) is 24.1 Å². The number of aliphatic imine (C=N–C) groups is 1. The second kappa shape index (κ2) is 4.32. The van der Waals surface area contributed by atoms with Crippen LogP contribution in [0.25, 0.3) is 0 Å². The number of rotatable bonds is 2. The summed E-state index contributed by atoms with van der Waals surface area (Å²) < 4.78 is 0. The van der Waals surface area contributed by atoms with Crippen molar-refractivity contribution in [3.8, 4) is 0 Å². The third-order valence-corrected chi connectivity index (χ3v) is 6.58. The second-order valence-corrected chi connectivity index (χ2v) is 7.75. The van der Waals surface area contributed by atoms with E-state index in [1.54, 1.807) is 5.57 Å². The molecule has 1 aromatic carbocycles. The van der Waals surface area contributed by atoms with Crippen LogP contribution in [0.3, 0.4) is 0 Å². The number of hydrogen-bond donors (Lipinski definition) is 0. The lowest BCUT2D eigenvalue weighted by Crippen LogP contribution is -2.54. The molecule has 0 amide bonds. The molecule has 21 heavy (non-hydrogen) atoms. The zero-order chi connectivity index (χ0) is 14.7. The van der Waals surface area contributed by atoms with E-state index in [2.05, 4.69) is 57.2 Å². The minimum absolute atomic E-state index is 0.124. The van der Waals surface area contributed by atoms with E-state index in [1.807, 2.05) is 0 Å². The van der Waals surface area contributed by atoms with Gasteiger partial charge in [-0.2, -0.15) is 0 Å². The summed E-state index contributed by atoms with van der Waals surface area (Å²) in [6.07, 6.45) is 6.33. The summed E-state index contributed by atoms with van der Waals surface area (Å²) in [4.78, 5) is 5.05. The molecule has 3 atom stereocenters. The lowest BCUT2D eigenvalue weighted by molar-refractivity contribution is 0.000205. The van der Waals surface area contributed by atoms with Crippen molar-refractivity contribution in [3.63, 3.8) is 0 Å². The van der Waals surface area contributed by atoms with Gasteiger partial charge in [-0.05, 0) is 47.6 Å². The van der Waals surface area contributed by atoms with Crippen LogP contribution in [-0.2, 0) is 5.41 Å². The van der Waals surface area contributed by atoms with E-state index in [0.717, 1.165) is 24.8 Å². The molecule has 5 rings (SSSR count). The summed E-state index contributed by atoms with van der Waals surface area (Å²) >= 11 is 0. The van der Waals surface area contributed by atoms with Crippen LogP contribution in [0.2, 0.25) is 0 Å². The Labute approximate surface area is 128 Å². The van der Waals surface area contributed by atoms with Crippen molar-refractivity contribution in [2.75, 3.05) is 6.54 Å². The van der Waals surface area contributed by atoms with Crippen molar-refractivity contribution >= 4 is 5.71 Å². The third-order valence-electron chi connectivity index (χ3n) is 6.58. The summed E-state index contributed by atoms with van der Waals surface area (Å²) in [7, 11) is 0. The largest absolute Gasteiger partial charge is 0.288 e. The minimum atomic E-state index is 0.124. The summed E-state index contributed by atoms with van der Waals surface area (Å²) in [6.45, 7) is 8.15. The molecule has 0 spiro atoms. The molecule has 3 aliphatic carbocycles. The number of dihydropyridines is 1. The minimum Gasteiger partial charge on any atom is -0.288 e. The molecule has 3 unspecified atom stereocenters. The molecule has 0 aromatic heterocycles. The molecule has 110 valence electrons. The van der Waals surface area contributed by atoms with Gasteiger partial charge in [0.2, 0.25) is 0 Å². The highest BCUT2D eigenvalue weighted by atomic mass is 14.8. The Hall–Kier alpha value is -1.37. The smallest absolute Gasteiger partial charge is 0.0524 e. The van der Waals surface area contributed by atoms with Crippen molar-refractivity contribution in [3.05, 3.63) is 47.5 Å². The maximum Gasteiger partial charge on any atom is 0.0524 e. The topological polar surface area (TPSA) is 12.4 Å². The third kappa shape index (κ3) is 1.73. The molecule has 0 radical (unpaired) electrons. The van der Waals surface area contributed by atoms with Crippen LogP contribution in [0.4, 0.5) is 0 Å². The molecule has 3 saturated carbocycles. The molecule has 1 aliphatic heterocycles. The first kappa shape index (κ1) is 13.3. The van der Waals surface area contributed by atoms with Gasteiger partial charge in [-0.25, -0.2) is 0 Å². The second-order valence-electron chi connectivity index (χ2n) is 7.75. The molecule has 1 nitrogen and oxygen atoms in total. The van der Waals surface area contributed by atoms with Crippen molar-refractivity contribution in [2.24, 2.45) is 22.2 Å². The first-order valence-corrected chi connectivity index (χ1v) is 8.39. The van der Waals surface area contributed by atoms with Gasteiger partial charge in [-0.15, -0.1) is 0 Å². The number of hydrogen-bond acceptors (Lipinski definition) is 1. The van der Waals surface area contributed by atoms with Gasteiger partial charge in [0.05, 0.1) is 6.54 Å². The molecule has 0 N–H and O–H groups in total. The fraction of sp³-hybridized carbons (Fsp3) is 0.550. The van der Waals surface area contributed by atoms with E-state index in [-0.39, 0.29) is 5.41 Å². The summed E-state index contributed by atoms with van der Waals surface area (Å²) in [6, 6.07) is 11.0. The SMILES string of the molecule is CCC1(c2ccccc2)C=C2C(=NC1)CC1CC2C1(C)C. The number of allylic oxidation sites excluding steroid dienone is 1. The van der Waals surface area contributed by atoms with Crippen molar-refractivity contribution in [1.82, 2.24) is 0 Å². The van der Waals surface area contributed by atoms with Gasteiger partial charge in [0.15, 0.2) is 0 Å². The van der Waals surface area contributed by atoms with Crippen LogP contribution >= 0.6 is 0 Å². The average molecular weight is 279 g/mol. The van der Waals surface area contributed by atoms with Gasteiger partial charge < -0.3 is 0 Å². The van der Waals surface area contributed by atoms with Crippen LogP contribution in [0, 0.1) is 17.3 Å². The molecule has 0 saturated heterocycles. The monoisotopic (exact) mass is 279 g/mol. The van der Waals surface area contributed by atoms with Crippen molar-refractivity contribution < 1.29 is 0 Å². The first-order chi connectivity index (χ1) is 10.1. The van der Waals surface area contributed by atoms with Crippen LogP contribution in [0.1, 0.15) is 45.6 Å². The van der Waals surface area contributed by atoms with Gasteiger partial charge in [0, 0.05) is 11.1 Å². The Bertz CT molecular complexity index is 622. The van der Waals surface area contributed by atoms with Gasteiger partial charge in [-0.1, -0.05) is 57.2 Å². The van der Waals surface area contributed by atoms with Crippen LogP contribution in [-0.4, -0.2) is 12.3 Å². The molecule has 3 fully saturated rings. The quantitative estimate of drug-likeness (QED) is 0.738. The fourth-order valence-electron chi connectivity index (χ4n) is 4.72. The molecular formula is C20H25N. The Morgan fingerprint density at radius 2 is 1.95 bits per heavy atom. The number of benzene rings is 1. The van der Waals surface area contributed by atoms with Gasteiger partial charge in [0.1, 0.15) is 0 Å². The normalized spacial score (nSPS) is 36.1.